The highest BCUT2D eigenvalue weighted by Crippen LogP contribution is 2.33. The number of para-hydroxylation sites is 1. The first-order valence-electron chi connectivity index (χ1n) is 10.1. The number of unbranched alkanes of at least 4 members (excludes halogenated alkanes) is 1. The Hall–Kier alpha value is -1.49. The molecule has 0 amide bonds. The number of ether oxygens (including phenoxy) is 1. The Kier molecular flexibility index (Phi) is 7.01. The molecule has 0 bridgehead atoms. The highest BCUT2D eigenvalue weighted by molar-refractivity contribution is 6.05. The molecule has 1 aromatic rings. The molecule has 2 aliphatic rings. The quantitative estimate of drug-likeness (QED) is 0.700. The zero-order chi connectivity index (χ0) is 18.4. The normalized spacial score (nSPS) is 19.4. The lowest BCUT2D eigenvalue weighted by atomic mass is 9.81. The van der Waals surface area contributed by atoms with E-state index in [-0.39, 0.29) is 11.9 Å². The van der Waals surface area contributed by atoms with E-state index in [4.69, 9.17) is 12.8 Å². The fourth-order valence-corrected chi connectivity index (χ4v) is 4.39. The maximum atomic E-state index is 12.1. The van der Waals surface area contributed by atoms with Gasteiger partial charge in [0, 0.05) is 12.1 Å². The van der Waals surface area contributed by atoms with Crippen LogP contribution in [0.4, 0.5) is 0 Å². The minimum Gasteiger partial charge on any atom is -0.543 e. The van der Waals surface area contributed by atoms with Gasteiger partial charge in [-0.15, -0.1) is 0 Å². The van der Waals surface area contributed by atoms with Crippen molar-refractivity contribution in [2.75, 3.05) is 19.7 Å². The third-order valence-corrected chi connectivity index (χ3v) is 5.90. The fourth-order valence-electron chi connectivity index (χ4n) is 4.39. The topological polar surface area (TPSA) is 38.8 Å². The van der Waals surface area contributed by atoms with E-state index in [0.717, 1.165) is 76.9 Å². The molecule has 1 atom stereocenters. The second kappa shape index (κ2) is 9.45. The number of aryl methyl sites for hydroxylation is 1. The van der Waals surface area contributed by atoms with Crippen LogP contribution in [0.2, 0.25) is 0 Å². The monoisotopic (exact) mass is 355 g/mol. The van der Waals surface area contributed by atoms with Crippen LogP contribution in [0.1, 0.15) is 56.6 Å². The van der Waals surface area contributed by atoms with Crippen LogP contribution >= 0.6 is 0 Å². The smallest absolute Gasteiger partial charge is 0.378 e. The number of carbonyl (C=O) groups excluding carboxylic acids is 1. The van der Waals surface area contributed by atoms with Gasteiger partial charge in [-0.2, -0.15) is 0 Å². The molecule has 5 heteroatoms. The number of nitrogens with zero attached hydrogens (tertiary/aromatic N) is 1. The number of fused-ring (bicyclic) bond motifs is 1. The highest BCUT2D eigenvalue weighted by Gasteiger charge is 2.31. The van der Waals surface area contributed by atoms with Gasteiger partial charge in [0.2, 0.25) is 0 Å². The molecular weight excluding hydrogens is 325 g/mol. The average molecular weight is 355 g/mol. The summed E-state index contributed by atoms with van der Waals surface area (Å²) in [6.07, 6.45) is 7.31. The summed E-state index contributed by atoms with van der Waals surface area (Å²) >= 11 is 0. The summed E-state index contributed by atoms with van der Waals surface area (Å²) in [5.74, 6) is 1.21. The van der Waals surface area contributed by atoms with E-state index in [1.165, 1.54) is 11.1 Å². The summed E-state index contributed by atoms with van der Waals surface area (Å²) in [5.41, 5.74) is 2.64. The maximum Gasteiger partial charge on any atom is 0.378 e. The van der Waals surface area contributed by atoms with Gasteiger partial charge in [-0.3, -0.25) is 9.69 Å². The number of hydrogen-bond donors (Lipinski definition) is 0. The van der Waals surface area contributed by atoms with Crippen molar-refractivity contribution in [3.05, 3.63) is 29.3 Å². The summed E-state index contributed by atoms with van der Waals surface area (Å²) in [6, 6.07) is 6.51. The Morgan fingerprint density at radius 3 is 2.92 bits per heavy atom. The van der Waals surface area contributed by atoms with E-state index in [2.05, 4.69) is 34.7 Å². The standard InChI is InChI=1S/C21H30BNO3/c1-2-3-9-19(21(24)26-22)16-10-12-23(13-11-16)15-18-7-4-6-17-8-5-14-25-20(17)18/h4,6-7,16,19H,2-3,5,8-15H2,1H3. The second-order valence-corrected chi connectivity index (χ2v) is 7.66. The fraction of sp³-hybridized carbons (Fsp3) is 0.667. The molecule has 140 valence electrons. The molecule has 0 spiro atoms. The first-order chi connectivity index (χ1) is 12.7. The van der Waals surface area contributed by atoms with Crippen LogP contribution in [0.25, 0.3) is 0 Å². The maximum absolute atomic E-state index is 12.1. The Morgan fingerprint density at radius 1 is 1.38 bits per heavy atom. The summed E-state index contributed by atoms with van der Waals surface area (Å²) < 4.78 is 10.5. The van der Waals surface area contributed by atoms with Crippen molar-refractivity contribution in [2.45, 2.75) is 58.4 Å². The number of rotatable bonds is 7. The first-order valence-corrected chi connectivity index (χ1v) is 10.1. The molecule has 0 aliphatic carbocycles. The van der Waals surface area contributed by atoms with Crippen molar-refractivity contribution in [1.82, 2.24) is 4.90 Å². The van der Waals surface area contributed by atoms with Crippen molar-refractivity contribution >= 4 is 14.0 Å². The zero-order valence-corrected chi connectivity index (χ0v) is 15.9. The molecule has 0 saturated carbocycles. The first kappa shape index (κ1) is 19.3. The summed E-state index contributed by atoms with van der Waals surface area (Å²) in [6.45, 7) is 5.92. The zero-order valence-electron chi connectivity index (χ0n) is 15.9. The largest absolute Gasteiger partial charge is 0.543 e. The molecule has 3 rings (SSSR count). The van der Waals surface area contributed by atoms with Gasteiger partial charge in [-0.05, 0) is 56.7 Å². The third-order valence-electron chi connectivity index (χ3n) is 5.90. The highest BCUT2D eigenvalue weighted by atomic mass is 16.5. The number of piperidine rings is 1. The van der Waals surface area contributed by atoms with Gasteiger partial charge in [0.15, 0.2) is 0 Å². The SMILES string of the molecule is [B]OC(=O)C(CCCC)C1CCN(Cc2cccc3c2OCCC3)CC1. The van der Waals surface area contributed by atoms with E-state index in [1.54, 1.807) is 0 Å². The summed E-state index contributed by atoms with van der Waals surface area (Å²) in [7, 11) is 5.17. The molecule has 0 aromatic heterocycles. The second-order valence-electron chi connectivity index (χ2n) is 7.66. The predicted molar refractivity (Wildman–Crippen MR) is 103 cm³/mol. The molecule has 0 N–H and O–H groups in total. The van der Waals surface area contributed by atoms with E-state index in [1.807, 2.05) is 0 Å². The van der Waals surface area contributed by atoms with Crippen molar-refractivity contribution in [1.29, 1.82) is 0 Å². The van der Waals surface area contributed by atoms with Crippen LogP contribution in [0.3, 0.4) is 0 Å². The van der Waals surface area contributed by atoms with Crippen molar-refractivity contribution in [3.63, 3.8) is 0 Å². The Bertz CT molecular complexity index is 599. The van der Waals surface area contributed by atoms with Gasteiger partial charge in [0.1, 0.15) is 5.75 Å². The molecule has 1 aromatic carbocycles. The van der Waals surface area contributed by atoms with Crippen LogP contribution in [-0.4, -0.2) is 38.6 Å². The molecular formula is C21H30BNO3. The van der Waals surface area contributed by atoms with Gasteiger partial charge in [0.25, 0.3) is 5.97 Å². The molecule has 2 heterocycles. The molecule has 4 nitrogen and oxygen atoms in total. The van der Waals surface area contributed by atoms with Crippen LogP contribution < -0.4 is 4.74 Å². The number of benzene rings is 1. The van der Waals surface area contributed by atoms with E-state index >= 15 is 0 Å². The summed E-state index contributed by atoms with van der Waals surface area (Å²) in [5, 5.41) is 0. The van der Waals surface area contributed by atoms with Gasteiger partial charge in [0.05, 0.1) is 12.5 Å². The Labute approximate surface area is 158 Å². The summed E-state index contributed by atoms with van der Waals surface area (Å²) in [4.78, 5) is 14.6. The van der Waals surface area contributed by atoms with Gasteiger partial charge in [-0.25, -0.2) is 0 Å². The van der Waals surface area contributed by atoms with Crippen molar-refractivity contribution < 1.29 is 14.2 Å². The van der Waals surface area contributed by atoms with Crippen LogP contribution in [-0.2, 0) is 22.4 Å². The van der Waals surface area contributed by atoms with E-state index in [9.17, 15) is 4.79 Å². The van der Waals surface area contributed by atoms with Crippen molar-refractivity contribution in [3.8, 4) is 5.75 Å². The van der Waals surface area contributed by atoms with Gasteiger partial charge >= 0.3 is 8.05 Å². The van der Waals surface area contributed by atoms with Crippen molar-refractivity contribution in [2.24, 2.45) is 11.8 Å². The van der Waals surface area contributed by atoms with E-state index < -0.39 is 0 Å². The Balaban J connectivity index is 1.57. The lowest BCUT2D eigenvalue weighted by Crippen LogP contribution is -2.38. The molecule has 26 heavy (non-hydrogen) atoms. The van der Waals surface area contributed by atoms with Crippen LogP contribution in [0.5, 0.6) is 5.75 Å². The third kappa shape index (κ3) is 4.62. The van der Waals surface area contributed by atoms with E-state index in [0.29, 0.717) is 5.92 Å². The van der Waals surface area contributed by atoms with Gasteiger partial charge in [-0.1, -0.05) is 38.0 Å². The molecule has 1 unspecified atom stereocenters. The molecule has 2 radical (unpaired) electrons. The molecule has 1 fully saturated rings. The van der Waals surface area contributed by atoms with Crippen LogP contribution in [0.15, 0.2) is 18.2 Å². The molecule has 1 saturated heterocycles. The minimum absolute atomic E-state index is 0.0464. The average Bonchev–Trinajstić information content (AvgIpc) is 2.69. The number of carbonyl (C=O) groups is 1. The lowest BCUT2D eigenvalue weighted by Gasteiger charge is -2.35. The Morgan fingerprint density at radius 2 is 2.19 bits per heavy atom. The lowest BCUT2D eigenvalue weighted by molar-refractivity contribution is -0.141. The number of likely N-dealkylation sites (tertiary alicyclic amines) is 1. The molecule has 2 aliphatic heterocycles. The predicted octanol–water partition coefficient (Wildman–Crippen LogP) is 3.66. The van der Waals surface area contributed by atoms with Crippen LogP contribution in [0, 0.1) is 11.8 Å². The minimum atomic E-state index is -0.234. The van der Waals surface area contributed by atoms with Gasteiger partial charge < -0.3 is 9.39 Å². The number of hydrogen-bond acceptors (Lipinski definition) is 4.